The van der Waals surface area contributed by atoms with E-state index in [2.05, 4.69) is 34.6 Å². The topological polar surface area (TPSA) is 78.5 Å². The molecule has 1 saturated heterocycles. The lowest BCUT2D eigenvalue weighted by Gasteiger charge is -2.23. The fraction of sp³-hybridized carbons (Fsp3) is 0.562. The maximum absolute atomic E-state index is 11.8. The number of carbonyl (C=O) groups excluding carboxylic acids is 1. The molecule has 1 atom stereocenters. The van der Waals surface area contributed by atoms with Gasteiger partial charge in [0.15, 0.2) is 9.84 Å². The van der Waals surface area contributed by atoms with Crippen molar-refractivity contribution < 1.29 is 13.2 Å². The summed E-state index contributed by atoms with van der Waals surface area (Å²) in [4.78, 5) is 14.0. The molecule has 0 aromatic heterocycles. The van der Waals surface area contributed by atoms with Gasteiger partial charge in [-0.2, -0.15) is 0 Å². The zero-order valence-corrected chi connectivity index (χ0v) is 14.3. The van der Waals surface area contributed by atoms with Crippen LogP contribution in [-0.2, 0) is 9.84 Å². The summed E-state index contributed by atoms with van der Waals surface area (Å²) in [6.45, 7) is 4.44. The van der Waals surface area contributed by atoms with Crippen LogP contribution < -0.4 is 15.5 Å². The van der Waals surface area contributed by atoms with Gasteiger partial charge in [0.05, 0.1) is 11.5 Å². The molecule has 1 aliphatic heterocycles. The predicted octanol–water partition coefficient (Wildman–Crippen LogP) is 1.39. The molecule has 0 spiro atoms. The second kappa shape index (κ2) is 8.19. The number of hydrogen-bond donors (Lipinski definition) is 2. The molecule has 7 heteroatoms. The van der Waals surface area contributed by atoms with Crippen LogP contribution in [0.15, 0.2) is 30.3 Å². The van der Waals surface area contributed by atoms with Gasteiger partial charge in [0.25, 0.3) is 0 Å². The van der Waals surface area contributed by atoms with Gasteiger partial charge in [-0.15, -0.1) is 0 Å². The molecular weight excluding hydrogens is 314 g/mol. The molecule has 1 fully saturated rings. The minimum Gasteiger partial charge on any atom is -0.372 e. The van der Waals surface area contributed by atoms with Gasteiger partial charge in [0, 0.05) is 31.4 Å². The minimum atomic E-state index is -2.96. The van der Waals surface area contributed by atoms with Gasteiger partial charge in [-0.05, 0) is 31.9 Å². The van der Waals surface area contributed by atoms with E-state index in [9.17, 15) is 13.2 Å². The molecule has 2 rings (SSSR count). The highest BCUT2D eigenvalue weighted by atomic mass is 32.2. The van der Waals surface area contributed by atoms with Crippen molar-refractivity contribution in [1.29, 1.82) is 0 Å². The molecule has 6 nitrogen and oxygen atoms in total. The fourth-order valence-electron chi connectivity index (χ4n) is 2.73. The number of benzene rings is 1. The molecule has 23 heavy (non-hydrogen) atoms. The van der Waals surface area contributed by atoms with Crippen molar-refractivity contribution in [3.63, 3.8) is 0 Å². The van der Waals surface area contributed by atoms with Gasteiger partial charge in [-0.3, -0.25) is 0 Å². The van der Waals surface area contributed by atoms with Gasteiger partial charge < -0.3 is 15.5 Å². The lowest BCUT2D eigenvalue weighted by molar-refractivity contribution is 0.238. The van der Waals surface area contributed by atoms with E-state index in [1.165, 1.54) is 5.69 Å². The van der Waals surface area contributed by atoms with Gasteiger partial charge in [0.1, 0.15) is 0 Å². The van der Waals surface area contributed by atoms with E-state index in [0.29, 0.717) is 13.0 Å². The third-order valence-corrected chi connectivity index (χ3v) is 5.73. The lowest BCUT2D eigenvalue weighted by Crippen LogP contribution is -2.43. The van der Waals surface area contributed by atoms with Crippen molar-refractivity contribution in [2.45, 2.75) is 25.8 Å². The molecule has 128 valence electrons. The quantitative estimate of drug-likeness (QED) is 0.736. The van der Waals surface area contributed by atoms with Crippen LogP contribution in [0.5, 0.6) is 0 Å². The molecule has 1 heterocycles. The number of urea groups is 1. The van der Waals surface area contributed by atoms with Crippen LogP contribution in [0, 0.1) is 0 Å². The summed E-state index contributed by atoms with van der Waals surface area (Å²) in [5, 5.41) is 5.52. The summed E-state index contributed by atoms with van der Waals surface area (Å²) in [5.41, 5.74) is 1.18. The lowest BCUT2D eigenvalue weighted by atomic mass is 10.2. The number of nitrogens with zero attached hydrogens (tertiary/aromatic N) is 1. The summed E-state index contributed by atoms with van der Waals surface area (Å²) in [5.74, 6) is 0.221. The molecule has 0 saturated carbocycles. The maximum Gasteiger partial charge on any atom is 0.315 e. The second-order valence-electron chi connectivity index (χ2n) is 5.77. The summed E-state index contributed by atoms with van der Waals surface area (Å²) in [6, 6.07) is 9.63. The smallest absolute Gasteiger partial charge is 0.315 e. The first-order valence-corrected chi connectivity index (χ1v) is 9.87. The molecule has 0 radical (unpaired) electrons. The third kappa shape index (κ3) is 5.74. The van der Waals surface area contributed by atoms with Gasteiger partial charge in [-0.1, -0.05) is 18.2 Å². The normalized spacial score (nSPS) is 19.3. The average molecular weight is 339 g/mol. The number of para-hydroxylation sites is 1. The molecular formula is C16H25N3O3S. The largest absolute Gasteiger partial charge is 0.372 e. The van der Waals surface area contributed by atoms with Crippen LogP contribution >= 0.6 is 0 Å². The zero-order valence-electron chi connectivity index (χ0n) is 13.5. The van der Waals surface area contributed by atoms with Gasteiger partial charge >= 0.3 is 6.03 Å². The number of anilines is 1. The van der Waals surface area contributed by atoms with E-state index in [1.807, 2.05) is 18.2 Å². The zero-order chi connectivity index (χ0) is 16.7. The number of sulfone groups is 1. The Morgan fingerprint density at radius 2 is 2.04 bits per heavy atom. The van der Waals surface area contributed by atoms with E-state index in [1.54, 1.807) is 0 Å². The van der Waals surface area contributed by atoms with Crippen LogP contribution in [-0.4, -0.2) is 51.6 Å². The van der Waals surface area contributed by atoms with E-state index in [0.717, 1.165) is 19.5 Å². The highest BCUT2D eigenvalue weighted by Crippen LogP contribution is 2.13. The predicted molar refractivity (Wildman–Crippen MR) is 92.5 cm³/mol. The Kier molecular flexibility index (Phi) is 6.27. The fourth-order valence-corrected chi connectivity index (χ4v) is 4.40. The SMILES string of the molecule is CCN(CCCNC(=O)NC1CCS(=O)(=O)C1)c1ccccc1. The molecule has 1 aliphatic rings. The molecule has 1 aromatic carbocycles. The van der Waals surface area contributed by atoms with Crippen molar-refractivity contribution in [2.24, 2.45) is 0 Å². The Balaban J connectivity index is 1.65. The molecule has 0 aliphatic carbocycles. The molecule has 1 unspecified atom stereocenters. The first-order valence-electron chi connectivity index (χ1n) is 8.05. The number of amides is 2. The number of carbonyl (C=O) groups is 1. The number of rotatable bonds is 7. The first kappa shape index (κ1) is 17.6. The highest BCUT2D eigenvalue weighted by Gasteiger charge is 2.28. The summed E-state index contributed by atoms with van der Waals surface area (Å²) in [7, 11) is -2.96. The standard InChI is InChI=1S/C16H25N3O3S/c1-2-19(15-7-4-3-5-8-15)11-6-10-17-16(20)18-14-9-12-23(21,22)13-14/h3-5,7-8,14H,2,6,9-13H2,1H3,(H2,17,18,20). The summed E-state index contributed by atoms with van der Waals surface area (Å²) < 4.78 is 22.7. The minimum absolute atomic E-state index is 0.0536. The Hall–Kier alpha value is -1.76. The van der Waals surface area contributed by atoms with Crippen molar-refractivity contribution in [3.05, 3.63) is 30.3 Å². The molecule has 1 aromatic rings. The van der Waals surface area contributed by atoms with Gasteiger partial charge in [-0.25, -0.2) is 13.2 Å². The van der Waals surface area contributed by atoms with Crippen molar-refractivity contribution >= 4 is 21.6 Å². The Morgan fingerprint density at radius 1 is 1.30 bits per heavy atom. The molecule has 2 amide bonds. The molecule has 2 N–H and O–H groups in total. The van der Waals surface area contributed by atoms with E-state index in [-0.39, 0.29) is 23.6 Å². The first-order chi connectivity index (χ1) is 11.0. The van der Waals surface area contributed by atoms with Crippen LogP contribution in [0.1, 0.15) is 19.8 Å². The van der Waals surface area contributed by atoms with Crippen LogP contribution in [0.4, 0.5) is 10.5 Å². The number of nitrogens with one attached hydrogen (secondary N) is 2. The Bertz CT molecular complexity index is 604. The van der Waals surface area contributed by atoms with E-state index in [4.69, 9.17) is 0 Å². The summed E-state index contributed by atoms with van der Waals surface area (Å²) in [6.07, 6.45) is 1.34. The average Bonchev–Trinajstić information content (AvgIpc) is 2.87. The highest BCUT2D eigenvalue weighted by molar-refractivity contribution is 7.91. The third-order valence-electron chi connectivity index (χ3n) is 3.96. The second-order valence-corrected chi connectivity index (χ2v) is 8.00. The van der Waals surface area contributed by atoms with Crippen LogP contribution in [0.2, 0.25) is 0 Å². The van der Waals surface area contributed by atoms with Gasteiger partial charge in [0.2, 0.25) is 0 Å². The van der Waals surface area contributed by atoms with Crippen LogP contribution in [0.25, 0.3) is 0 Å². The maximum atomic E-state index is 11.8. The molecule has 0 bridgehead atoms. The van der Waals surface area contributed by atoms with Crippen molar-refractivity contribution in [3.8, 4) is 0 Å². The Morgan fingerprint density at radius 3 is 2.65 bits per heavy atom. The Labute approximate surface area is 138 Å². The van der Waals surface area contributed by atoms with Crippen molar-refractivity contribution in [2.75, 3.05) is 36.0 Å². The van der Waals surface area contributed by atoms with Crippen molar-refractivity contribution in [1.82, 2.24) is 10.6 Å². The number of hydrogen-bond acceptors (Lipinski definition) is 4. The summed E-state index contributed by atoms with van der Waals surface area (Å²) >= 11 is 0. The van der Waals surface area contributed by atoms with E-state index >= 15 is 0 Å². The van der Waals surface area contributed by atoms with Crippen LogP contribution in [0.3, 0.4) is 0 Å². The monoisotopic (exact) mass is 339 g/mol. The van der Waals surface area contributed by atoms with E-state index < -0.39 is 9.84 Å².